The number of aliphatic hydroxyl groups excluding tert-OH is 2. The first-order valence-corrected chi connectivity index (χ1v) is 6.30. The first-order valence-electron chi connectivity index (χ1n) is 6.30. The Hall–Kier alpha value is -2.12. The molecular formula is C13H14N2O5. The zero-order valence-electron chi connectivity index (χ0n) is 10.5. The zero-order valence-corrected chi connectivity index (χ0v) is 10.5. The Morgan fingerprint density at radius 2 is 2.00 bits per heavy atom. The second-order valence-corrected chi connectivity index (χ2v) is 4.94. The molecule has 7 nitrogen and oxygen atoms in total. The molecule has 3 unspecified atom stereocenters. The lowest BCUT2D eigenvalue weighted by Gasteiger charge is -2.37. The largest absolute Gasteiger partial charge is 0.507 e. The minimum absolute atomic E-state index is 0.140. The second kappa shape index (κ2) is 4.46. The molecule has 7 heteroatoms. The van der Waals surface area contributed by atoms with Gasteiger partial charge >= 0.3 is 0 Å². The first kappa shape index (κ1) is 12.9. The van der Waals surface area contributed by atoms with Crippen molar-refractivity contribution in [3.8, 4) is 5.75 Å². The summed E-state index contributed by atoms with van der Waals surface area (Å²) >= 11 is 0. The standard InChI is InChI=1S/C13H14N2O5/c16-8-3-1-2-6-10(8)13(20)15(12(6)19)7-4-5-9(17)14-11(7)18/h1-3,7,11,13,16,18,20H,4-5H2,(H,14,17). The van der Waals surface area contributed by atoms with Crippen molar-refractivity contribution in [1.29, 1.82) is 0 Å². The molecule has 1 aromatic rings. The molecule has 4 N–H and O–H groups in total. The molecule has 1 fully saturated rings. The summed E-state index contributed by atoms with van der Waals surface area (Å²) in [6, 6.07) is 3.69. The molecule has 1 aromatic carbocycles. The predicted octanol–water partition coefficient (Wildman–Crippen LogP) is -0.564. The third-order valence-electron chi connectivity index (χ3n) is 3.77. The van der Waals surface area contributed by atoms with E-state index in [1.165, 1.54) is 18.2 Å². The minimum atomic E-state index is -1.33. The van der Waals surface area contributed by atoms with Gasteiger partial charge in [0.25, 0.3) is 5.91 Å². The molecule has 2 aliphatic heterocycles. The van der Waals surface area contributed by atoms with E-state index in [1.54, 1.807) is 0 Å². The fourth-order valence-electron chi connectivity index (χ4n) is 2.79. The lowest BCUT2D eigenvalue weighted by molar-refractivity contribution is -0.132. The third kappa shape index (κ3) is 1.75. The highest BCUT2D eigenvalue weighted by Crippen LogP contribution is 2.40. The van der Waals surface area contributed by atoms with Gasteiger partial charge in [0.2, 0.25) is 5.91 Å². The van der Waals surface area contributed by atoms with Gasteiger partial charge in [-0.2, -0.15) is 0 Å². The highest BCUT2D eigenvalue weighted by molar-refractivity contribution is 6.00. The van der Waals surface area contributed by atoms with Gasteiger partial charge in [-0.1, -0.05) is 6.07 Å². The van der Waals surface area contributed by atoms with Gasteiger partial charge in [0.15, 0.2) is 6.23 Å². The number of hydrogen-bond acceptors (Lipinski definition) is 5. The van der Waals surface area contributed by atoms with Crippen LogP contribution in [0.3, 0.4) is 0 Å². The van der Waals surface area contributed by atoms with Gasteiger partial charge in [-0.25, -0.2) is 0 Å². The van der Waals surface area contributed by atoms with Crippen molar-refractivity contribution in [2.75, 3.05) is 0 Å². The second-order valence-electron chi connectivity index (χ2n) is 4.94. The Morgan fingerprint density at radius 1 is 1.25 bits per heavy atom. The first-order chi connectivity index (χ1) is 9.50. The smallest absolute Gasteiger partial charge is 0.257 e. The number of aliphatic hydroxyl groups is 2. The molecule has 0 spiro atoms. The van der Waals surface area contributed by atoms with E-state index in [4.69, 9.17) is 0 Å². The summed E-state index contributed by atoms with van der Waals surface area (Å²) in [6.45, 7) is 0. The maximum Gasteiger partial charge on any atom is 0.257 e. The van der Waals surface area contributed by atoms with Crippen molar-refractivity contribution in [2.45, 2.75) is 31.3 Å². The highest BCUT2D eigenvalue weighted by Gasteiger charge is 2.45. The lowest BCUT2D eigenvalue weighted by atomic mass is 10.0. The number of amides is 2. The monoisotopic (exact) mass is 278 g/mol. The molecule has 0 radical (unpaired) electrons. The van der Waals surface area contributed by atoms with E-state index < -0.39 is 24.4 Å². The number of carbonyl (C=O) groups is 2. The fourth-order valence-corrected chi connectivity index (χ4v) is 2.79. The van der Waals surface area contributed by atoms with Crippen LogP contribution < -0.4 is 5.32 Å². The van der Waals surface area contributed by atoms with Crippen LogP contribution in [-0.2, 0) is 4.79 Å². The van der Waals surface area contributed by atoms with Crippen LogP contribution in [0.2, 0.25) is 0 Å². The molecule has 0 aromatic heterocycles. The number of nitrogens with one attached hydrogen (secondary N) is 1. The van der Waals surface area contributed by atoms with Crippen molar-refractivity contribution < 1.29 is 24.9 Å². The van der Waals surface area contributed by atoms with Crippen LogP contribution in [0.15, 0.2) is 18.2 Å². The van der Waals surface area contributed by atoms with Gasteiger partial charge in [0.1, 0.15) is 12.0 Å². The molecule has 0 aliphatic carbocycles. The van der Waals surface area contributed by atoms with Crippen LogP contribution in [-0.4, -0.2) is 44.3 Å². The fraction of sp³-hybridized carbons (Fsp3) is 0.385. The summed E-state index contributed by atoms with van der Waals surface area (Å²) in [5.74, 6) is -0.931. The van der Waals surface area contributed by atoms with Gasteiger partial charge < -0.3 is 25.5 Å². The van der Waals surface area contributed by atoms with Crippen LogP contribution in [0.5, 0.6) is 5.75 Å². The van der Waals surface area contributed by atoms with Crippen molar-refractivity contribution >= 4 is 11.8 Å². The van der Waals surface area contributed by atoms with E-state index in [0.29, 0.717) is 0 Å². The number of phenolic OH excluding ortho intramolecular Hbond substituents is 1. The molecule has 2 heterocycles. The molecule has 20 heavy (non-hydrogen) atoms. The van der Waals surface area contributed by atoms with Crippen molar-refractivity contribution in [1.82, 2.24) is 10.2 Å². The van der Waals surface area contributed by atoms with Gasteiger partial charge in [-0.3, -0.25) is 9.59 Å². The van der Waals surface area contributed by atoms with Gasteiger partial charge in [-0.05, 0) is 18.6 Å². The Balaban J connectivity index is 1.96. The lowest BCUT2D eigenvalue weighted by Crippen LogP contribution is -2.56. The van der Waals surface area contributed by atoms with Gasteiger partial charge in [-0.15, -0.1) is 0 Å². The van der Waals surface area contributed by atoms with Gasteiger partial charge in [0, 0.05) is 6.42 Å². The predicted molar refractivity (Wildman–Crippen MR) is 66.4 cm³/mol. The summed E-state index contributed by atoms with van der Waals surface area (Å²) in [5, 5.41) is 32.2. The maximum atomic E-state index is 12.3. The minimum Gasteiger partial charge on any atom is -0.507 e. The average molecular weight is 278 g/mol. The zero-order chi connectivity index (χ0) is 14.4. The quantitative estimate of drug-likeness (QED) is 0.550. The Bertz CT molecular complexity index is 588. The van der Waals surface area contributed by atoms with Crippen LogP contribution in [0.25, 0.3) is 0 Å². The van der Waals surface area contributed by atoms with E-state index in [1.807, 2.05) is 0 Å². The summed E-state index contributed by atoms with van der Waals surface area (Å²) in [5.41, 5.74) is 0.350. The Labute approximate surface area is 114 Å². The Kier molecular flexibility index (Phi) is 2.88. The molecular weight excluding hydrogens is 264 g/mol. The Morgan fingerprint density at radius 3 is 2.65 bits per heavy atom. The number of aromatic hydroxyl groups is 1. The van der Waals surface area contributed by atoms with Crippen molar-refractivity contribution in [3.05, 3.63) is 29.3 Å². The molecule has 0 bridgehead atoms. The van der Waals surface area contributed by atoms with Crippen LogP contribution >= 0.6 is 0 Å². The summed E-state index contributed by atoms with van der Waals surface area (Å²) in [6.07, 6.45) is -2.13. The van der Waals surface area contributed by atoms with E-state index in [2.05, 4.69) is 5.32 Å². The number of hydrogen-bond donors (Lipinski definition) is 4. The number of fused-ring (bicyclic) bond motifs is 1. The normalized spacial score (nSPS) is 29.3. The molecule has 2 amide bonds. The highest BCUT2D eigenvalue weighted by atomic mass is 16.3. The number of rotatable bonds is 1. The van der Waals surface area contributed by atoms with E-state index >= 15 is 0 Å². The summed E-state index contributed by atoms with van der Waals surface area (Å²) in [7, 11) is 0. The summed E-state index contributed by atoms with van der Waals surface area (Å²) < 4.78 is 0. The number of piperidine rings is 1. The SMILES string of the molecule is O=C1CCC(N2C(=O)c3cccc(O)c3C2O)C(O)N1. The molecule has 1 saturated heterocycles. The number of carbonyl (C=O) groups excluding carboxylic acids is 2. The number of nitrogens with zero attached hydrogens (tertiary/aromatic N) is 1. The number of benzene rings is 1. The van der Waals surface area contributed by atoms with E-state index in [9.17, 15) is 24.9 Å². The third-order valence-corrected chi connectivity index (χ3v) is 3.77. The summed E-state index contributed by atoms with van der Waals surface area (Å²) in [4.78, 5) is 24.6. The van der Waals surface area contributed by atoms with Crippen LogP contribution in [0, 0.1) is 0 Å². The molecule has 3 atom stereocenters. The number of phenols is 1. The van der Waals surface area contributed by atoms with E-state index in [0.717, 1.165) is 4.90 Å². The molecule has 0 saturated carbocycles. The van der Waals surface area contributed by atoms with Crippen molar-refractivity contribution in [2.24, 2.45) is 0 Å². The topological polar surface area (TPSA) is 110 Å². The average Bonchev–Trinajstić information content (AvgIpc) is 2.64. The molecule has 2 aliphatic rings. The molecule has 3 rings (SSSR count). The van der Waals surface area contributed by atoms with Gasteiger partial charge in [0.05, 0.1) is 17.2 Å². The maximum absolute atomic E-state index is 12.3. The van der Waals surface area contributed by atoms with Crippen LogP contribution in [0.1, 0.15) is 35.0 Å². The van der Waals surface area contributed by atoms with E-state index in [-0.39, 0.29) is 35.6 Å². The van der Waals surface area contributed by atoms with Crippen LogP contribution in [0.4, 0.5) is 0 Å². The van der Waals surface area contributed by atoms with Crippen molar-refractivity contribution in [3.63, 3.8) is 0 Å². The molecule has 106 valence electrons.